The molecule has 0 saturated carbocycles. The summed E-state index contributed by atoms with van der Waals surface area (Å²) >= 11 is 0. The Morgan fingerprint density at radius 2 is 1.89 bits per heavy atom. The maximum absolute atomic E-state index is 13.6. The molecule has 2 saturated heterocycles. The van der Waals surface area contributed by atoms with E-state index in [1.165, 1.54) is 0 Å². The van der Waals surface area contributed by atoms with Crippen molar-refractivity contribution in [3.63, 3.8) is 0 Å². The van der Waals surface area contributed by atoms with Crippen LogP contribution in [0, 0.1) is 13.8 Å². The fourth-order valence-corrected chi connectivity index (χ4v) is 5.83. The van der Waals surface area contributed by atoms with Crippen molar-refractivity contribution in [1.82, 2.24) is 30.1 Å². The van der Waals surface area contributed by atoms with Crippen LogP contribution in [0.3, 0.4) is 0 Å². The Kier molecular flexibility index (Phi) is 6.59. The van der Waals surface area contributed by atoms with Crippen molar-refractivity contribution in [2.24, 2.45) is 0 Å². The summed E-state index contributed by atoms with van der Waals surface area (Å²) in [4.78, 5) is 21.3. The third-order valence-electron chi connectivity index (χ3n) is 7.72. The minimum Gasteiger partial charge on any atom is -0.508 e. The number of pyridine rings is 1. The van der Waals surface area contributed by atoms with Gasteiger partial charge in [-0.1, -0.05) is 11.6 Å². The molecule has 2 N–H and O–H groups in total. The average Bonchev–Trinajstić information content (AvgIpc) is 3.59. The number of nitrogens with zero attached hydrogens (tertiary/aromatic N) is 6. The molecule has 38 heavy (non-hydrogen) atoms. The molecule has 0 spiro atoms. The summed E-state index contributed by atoms with van der Waals surface area (Å²) < 4.78 is 7.69. The van der Waals surface area contributed by atoms with E-state index in [0.29, 0.717) is 17.9 Å². The number of aryl methyl sites for hydroxylation is 2. The topological polar surface area (TPSA) is 112 Å². The van der Waals surface area contributed by atoms with E-state index in [9.17, 15) is 9.90 Å². The maximum Gasteiger partial charge on any atom is 0.253 e. The molecule has 2 fully saturated rings. The van der Waals surface area contributed by atoms with Crippen LogP contribution in [-0.4, -0.2) is 74.1 Å². The van der Waals surface area contributed by atoms with Gasteiger partial charge in [0, 0.05) is 44.0 Å². The number of hydrogen-bond acceptors (Lipinski definition) is 8. The number of hydrogen-bond donors (Lipinski definition) is 2. The first kappa shape index (κ1) is 24.6. The van der Waals surface area contributed by atoms with Crippen molar-refractivity contribution in [3.8, 4) is 5.75 Å². The highest BCUT2D eigenvalue weighted by molar-refractivity contribution is 5.83. The molecule has 4 aromatic rings. The smallest absolute Gasteiger partial charge is 0.253 e. The van der Waals surface area contributed by atoms with Crippen LogP contribution in [0.2, 0.25) is 0 Å². The average molecular weight is 516 g/mol. The molecule has 2 aromatic carbocycles. The predicted octanol–water partition coefficient (Wildman–Crippen LogP) is 2.93. The number of aromatic amines is 1. The molecule has 0 amide bonds. The normalized spacial score (nSPS) is 19.3. The first-order valence-electron chi connectivity index (χ1n) is 13.3. The van der Waals surface area contributed by atoms with Crippen molar-refractivity contribution in [3.05, 3.63) is 75.3 Å². The highest BCUT2D eigenvalue weighted by atomic mass is 16.5. The lowest BCUT2D eigenvalue weighted by Gasteiger charge is -2.39. The SMILES string of the molecule is Cc1cc(C)c2[nH]c(=O)c([C@H](c3nnnn3C[C@@H]3CCCO3)N3CCN(c4ccc(O)cc4)CC3)cc2c1. The van der Waals surface area contributed by atoms with Gasteiger partial charge in [-0.25, -0.2) is 4.68 Å². The highest BCUT2D eigenvalue weighted by Gasteiger charge is 2.33. The van der Waals surface area contributed by atoms with Crippen molar-refractivity contribution in [2.45, 2.75) is 45.4 Å². The lowest BCUT2D eigenvalue weighted by molar-refractivity contribution is 0.0906. The molecule has 4 heterocycles. The molecule has 6 rings (SSSR count). The Bertz CT molecular complexity index is 1480. The first-order chi connectivity index (χ1) is 18.5. The summed E-state index contributed by atoms with van der Waals surface area (Å²) in [5, 5.41) is 23.5. The van der Waals surface area contributed by atoms with E-state index in [2.05, 4.69) is 49.4 Å². The van der Waals surface area contributed by atoms with Gasteiger partial charge in [-0.15, -0.1) is 5.10 Å². The monoisotopic (exact) mass is 515 g/mol. The van der Waals surface area contributed by atoms with Crippen molar-refractivity contribution in [2.75, 3.05) is 37.7 Å². The number of nitrogens with one attached hydrogen (secondary N) is 1. The first-order valence-corrected chi connectivity index (χ1v) is 13.3. The summed E-state index contributed by atoms with van der Waals surface area (Å²) in [5.41, 5.74) is 4.64. The van der Waals surface area contributed by atoms with Crippen LogP contribution in [0.4, 0.5) is 5.69 Å². The molecule has 0 aliphatic carbocycles. The number of aromatic nitrogens is 5. The van der Waals surface area contributed by atoms with E-state index < -0.39 is 6.04 Å². The Morgan fingerprint density at radius 3 is 2.63 bits per heavy atom. The third kappa shape index (κ3) is 4.77. The van der Waals surface area contributed by atoms with E-state index >= 15 is 0 Å². The minimum atomic E-state index is -0.401. The zero-order valence-corrected chi connectivity index (χ0v) is 21.8. The number of tetrazole rings is 1. The van der Waals surface area contributed by atoms with Gasteiger partial charge < -0.3 is 19.7 Å². The molecular formula is C28H33N7O3. The number of phenolic OH excluding ortho intramolecular Hbond substituents is 1. The third-order valence-corrected chi connectivity index (χ3v) is 7.72. The quantitative estimate of drug-likeness (QED) is 0.403. The number of piperazine rings is 1. The molecule has 0 unspecified atom stereocenters. The van der Waals surface area contributed by atoms with E-state index in [1.807, 2.05) is 29.8 Å². The Labute approximate surface area is 220 Å². The highest BCUT2D eigenvalue weighted by Crippen LogP contribution is 2.30. The number of rotatable bonds is 6. The number of fused-ring (bicyclic) bond motifs is 1. The second-order valence-corrected chi connectivity index (χ2v) is 10.4. The van der Waals surface area contributed by atoms with Crippen LogP contribution in [0.25, 0.3) is 10.9 Å². The van der Waals surface area contributed by atoms with Crippen LogP contribution in [0.15, 0.2) is 47.3 Å². The van der Waals surface area contributed by atoms with Gasteiger partial charge in [0.25, 0.3) is 5.56 Å². The zero-order valence-electron chi connectivity index (χ0n) is 21.8. The second kappa shape index (κ2) is 10.2. The minimum absolute atomic E-state index is 0.0735. The van der Waals surface area contributed by atoms with Crippen LogP contribution in [0.5, 0.6) is 5.75 Å². The molecule has 2 aliphatic rings. The van der Waals surface area contributed by atoms with Gasteiger partial charge in [0.1, 0.15) is 11.8 Å². The summed E-state index contributed by atoms with van der Waals surface area (Å²) in [6.45, 7) is 8.41. The fourth-order valence-electron chi connectivity index (χ4n) is 5.83. The molecule has 0 bridgehead atoms. The number of H-pyrrole nitrogens is 1. The van der Waals surface area contributed by atoms with Crippen LogP contribution >= 0.6 is 0 Å². The van der Waals surface area contributed by atoms with Crippen molar-refractivity contribution in [1.29, 1.82) is 0 Å². The molecule has 2 aliphatic heterocycles. The zero-order chi connectivity index (χ0) is 26.2. The number of phenols is 1. The molecule has 10 heteroatoms. The standard InChI is InChI=1S/C28H33N7O3/c1-18-14-19(2)25-20(15-18)16-24(28(37)29-25)26(27-30-31-32-35(27)17-23-4-3-13-38-23)34-11-9-33(10-12-34)21-5-7-22(36)8-6-21/h5-8,14-16,23,26,36H,3-4,9-13,17H2,1-2H3,(H,29,37)/t23-,26+/m0/s1. The Hall–Kier alpha value is -3.76. The molecule has 198 valence electrons. The summed E-state index contributed by atoms with van der Waals surface area (Å²) in [5.74, 6) is 0.916. The van der Waals surface area contributed by atoms with Gasteiger partial charge in [0.2, 0.25) is 0 Å². The predicted molar refractivity (Wildman–Crippen MR) is 145 cm³/mol. The van der Waals surface area contributed by atoms with Crippen LogP contribution in [0.1, 0.15) is 41.4 Å². The van der Waals surface area contributed by atoms with Gasteiger partial charge in [-0.05, 0) is 84.5 Å². The summed E-state index contributed by atoms with van der Waals surface area (Å²) in [7, 11) is 0. The lowest BCUT2D eigenvalue weighted by atomic mass is 10.00. The van der Waals surface area contributed by atoms with E-state index in [0.717, 1.165) is 73.3 Å². The number of ether oxygens (including phenoxy) is 1. The second-order valence-electron chi connectivity index (χ2n) is 10.4. The molecule has 2 atom stereocenters. The van der Waals surface area contributed by atoms with E-state index in [-0.39, 0.29) is 17.4 Å². The van der Waals surface area contributed by atoms with Crippen molar-refractivity contribution < 1.29 is 9.84 Å². The maximum atomic E-state index is 13.6. The van der Waals surface area contributed by atoms with E-state index in [1.54, 1.807) is 12.1 Å². The van der Waals surface area contributed by atoms with Crippen LogP contribution < -0.4 is 10.5 Å². The Morgan fingerprint density at radius 1 is 1.11 bits per heavy atom. The number of benzene rings is 2. The lowest BCUT2D eigenvalue weighted by Crippen LogP contribution is -2.49. The molecule has 0 radical (unpaired) electrons. The summed E-state index contributed by atoms with van der Waals surface area (Å²) in [6.07, 6.45) is 2.09. The molecule has 10 nitrogen and oxygen atoms in total. The van der Waals surface area contributed by atoms with Gasteiger partial charge in [-0.2, -0.15) is 0 Å². The van der Waals surface area contributed by atoms with Crippen LogP contribution in [-0.2, 0) is 11.3 Å². The fraction of sp³-hybridized carbons (Fsp3) is 0.429. The summed E-state index contributed by atoms with van der Waals surface area (Å²) in [6, 6.07) is 13.1. The van der Waals surface area contributed by atoms with Gasteiger partial charge in [0.05, 0.1) is 18.2 Å². The number of anilines is 1. The van der Waals surface area contributed by atoms with Crippen molar-refractivity contribution >= 4 is 16.6 Å². The largest absolute Gasteiger partial charge is 0.508 e. The van der Waals surface area contributed by atoms with E-state index in [4.69, 9.17) is 4.74 Å². The number of aromatic hydroxyl groups is 1. The Balaban J connectivity index is 1.38. The molecule has 2 aromatic heterocycles. The van der Waals surface area contributed by atoms with Gasteiger partial charge in [0.15, 0.2) is 5.82 Å². The van der Waals surface area contributed by atoms with Gasteiger partial charge >= 0.3 is 0 Å². The molecular weight excluding hydrogens is 482 g/mol. The van der Waals surface area contributed by atoms with Gasteiger partial charge in [-0.3, -0.25) is 9.69 Å².